The van der Waals surface area contributed by atoms with Crippen LogP contribution in [-0.4, -0.2) is 18.5 Å². The fourth-order valence-electron chi connectivity index (χ4n) is 1.25. The Bertz CT molecular complexity index is 349. The topological polar surface area (TPSA) is 55.1 Å². The summed E-state index contributed by atoms with van der Waals surface area (Å²) in [5.41, 5.74) is 7.68. The van der Waals surface area contributed by atoms with Crippen molar-refractivity contribution >= 4 is 18.3 Å². The van der Waals surface area contributed by atoms with Crippen LogP contribution in [0.25, 0.3) is 0 Å². The van der Waals surface area contributed by atoms with Crippen LogP contribution in [0.15, 0.2) is 24.3 Å². The minimum atomic E-state index is -0.0592. The van der Waals surface area contributed by atoms with Crippen LogP contribution in [0.4, 0.5) is 0 Å². The van der Waals surface area contributed by atoms with Crippen molar-refractivity contribution in [3.63, 3.8) is 0 Å². The van der Waals surface area contributed by atoms with E-state index in [2.05, 4.69) is 5.32 Å². The Morgan fingerprint density at radius 3 is 2.29 bits per heavy atom. The second-order valence-electron chi connectivity index (χ2n) is 4.48. The lowest BCUT2D eigenvalue weighted by Crippen LogP contribution is -2.40. The maximum atomic E-state index is 11.7. The number of nitrogens with one attached hydrogen (secondary N) is 1. The van der Waals surface area contributed by atoms with E-state index in [4.69, 9.17) is 5.73 Å². The van der Waals surface area contributed by atoms with Gasteiger partial charge in [0.05, 0.1) is 0 Å². The second kappa shape index (κ2) is 7.30. The molecule has 0 unspecified atom stereocenters. The summed E-state index contributed by atoms with van der Waals surface area (Å²) >= 11 is 0. The molecule has 0 radical (unpaired) electrons. The molecule has 0 saturated heterocycles. The van der Waals surface area contributed by atoms with Crippen molar-refractivity contribution in [1.29, 1.82) is 0 Å². The SMILES string of the molecule is Cc1ccc(C(=O)NC[C@@H](N)C(C)C)cc1.Cl. The van der Waals surface area contributed by atoms with Gasteiger partial charge in [-0.3, -0.25) is 4.79 Å². The molecule has 0 bridgehead atoms. The van der Waals surface area contributed by atoms with Crippen molar-refractivity contribution in [3.8, 4) is 0 Å². The molecule has 4 heteroatoms. The third kappa shape index (κ3) is 5.20. The Hall–Kier alpha value is -1.06. The van der Waals surface area contributed by atoms with Gasteiger partial charge < -0.3 is 11.1 Å². The molecule has 0 saturated carbocycles. The van der Waals surface area contributed by atoms with Crippen molar-refractivity contribution in [1.82, 2.24) is 5.32 Å². The lowest BCUT2D eigenvalue weighted by molar-refractivity contribution is 0.0949. The van der Waals surface area contributed by atoms with Crippen molar-refractivity contribution in [2.24, 2.45) is 11.7 Å². The fraction of sp³-hybridized carbons (Fsp3) is 0.462. The zero-order chi connectivity index (χ0) is 12.1. The van der Waals surface area contributed by atoms with Gasteiger partial charge in [-0.15, -0.1) is 12.4 Å². The number of benzene rings is 1. The summed E-state index contributed by atoms with van der Waals surface area (Å²) in [5.74, 6) is 0.314. The molecule has 0 heterocycles. The highest BCUT2D eigenvalue weighted by atomic mass is 35.5. The van der Waals surface area contributed by atoms with Gasteiger partial charge in [-0.1, -0.05) is 31.5 Å². The molecule has 1 rings (SSSR count). The number of hydrogen-bond acceptors (Lipinski definition) is 2. The molecule has 1 aromatic carbocycles. The minimum Gasteiger partial charge on any atom is -0.350 e. The Labute approximate surface area is 109 Å². The number of carbonyl (C=O) groups excluding carboxylic acids is 1. The molecule has 1 aromatic rings. The van der Waals surface area contributed by atoms with Gasteiger partial charge >= 0.3 is 0 Å². The van der Waals surface area contributed by atoms with Gasteiger partial charge in [0.25, 0.3) is 5.91 Å². The van der Waals surface area contributed by atoms with Crippen LogP contribution >= 0.6 is 12.4 Å². The molecule has 0 aliphatic rings. The van der Waals surface area contributed by atoms with Crippen LogP contribution in [0.2, 0.25) is 0 Å². The first-order valence-corrected chi connectivity index (χ1v) is 5.61. The molecule has 0 aromatic heterocycles. The highest BCUT2D eigenvalue weighted by Crippen LogP contribution is 2.03. The Balaban J connectivity index is 0.00000256. The van der Waals surface area contributed by atoms with Crippen LogP contribution in [0, 0.1) is 12.8 Å². The number of amides is 1. The van der Waals surface area contributed by atoms with Gasteiger partial charge in [-0.2, -0.15) is 0 Å². The van der Waals surface area contributed by atoms with Gasteiger partial charge in [-0.05, 0) is 25.0 Å². The maximum absolute atomic E-state index is 11.7. The normalized spacial score (nSPS) is 11.8. The van der Waals surface area contributed by atoms with E-state index >= 15 is 0 Å². The third-order valence-corrected chi connectivity index (χ3v) is 2.67. The predicted octanol–water partition coefficient (Wildman–Crippen LogP) is 2.13. The minimum absolute atomic E-state index is 0. The number of carbonyl (C=O) groups is 1. The molecule has 17 heavy (non-hydrogen) atoms. The second-order valence-corrected chi connectivity index (χ2v) is 4.48. The predicted molar refractivity (Wildman–Crippen MR) is 73.6 cm³/mol. The molecule has 1 atom stereocenters. The highest BCUT2D eigenvalue weighted by molar-refractivity contribution is 5.94. The van der Waals surface area contributed by atoms with E-state index in [0.29, 0.717) is 18.0 Å². The summed E-state index contributed by atoms with van der Waals surface area (Å²) in [6, 6.07) is 7.51. The zero-order valence-corrected chi connectivity index (χ0v) is 11.4. The molecule has 96 valence electrons. The summed E-state index contributed by atoms with van der Waals surface area (Å²) in [4.78, 5) is 11.7. The van der Waals surface area contributed by atoms with E-state index in [9.17, 15) is 4.79 Å². The standard InChI is InChI=1S/C13H20N2O.ClH/c1-9(2)12(14)8-15-13(16)11-6-4-10(3)5-7-11;/h4-7,9,12H,8,14H2,1-3H3,(H,15,16);1H/t12-;/m1./s1. The average molecular weight is 257 g/mol. The molecule has 1 amide bonds. The average Bonchev–Trinajstić information content (AvgIpc) is 2.26. The van der Waals surface area contributed by atoms with E-state index in [0.717, 1.165) is 5.56 Å². The molecular formula is C13H21ClN2O. The molecule has 0 fully saturated rings. The Morgan fingerprint density at radius 2 is 1.82 bits per heavy atom. The van der Waals surface area contributed by atoms with E-state index < -0.39 is 0 Å². The molecule has 3 nitrogen and oxygen atoms in total. The van der Waals surface area contributed by atoms with Gasteiger partial charge in [0.15, 0.2) is 0 Å². The molecule has 3 N–H and O–H groups in total. The van der Waals surface area contributed by atoms with E-state index in [1.165, 1.54) is 0 Å². The quantitative estimate of drug-likeness (QED) is 0.867. The Kier molecular flexibility index (Phi) is 6.85. The van der Waals surface area contributed by atoms with Gasteiger partial charge in [0.1, 0.15) is 0 Å². The number of aryl methyl sites for hydroxylation is 1. The number of nitrogens with two attached hydrogens (primary N) is 1. The van der Waals surface area contributed by atoms with E-state index in [1.807, 2.05) is 45.0 Å². The van der Waals surface area contributed by atoms with Crippen LogP contribution in [0.1, 0.15) is 29.8 Å². The van der Waals surface area contributed by atoms with Crippen LogP contribution < -0.4 is 11.1 Å². The molecular weight excluding hydrogens is 236 g/mol. The summed E-state index contributed by atoms with van der Waals surface area (Å²) in [6.07, 6.45) is 0. The number of hydrogen-bond donors (Lipinski definition) is 2. The fourth-order valence-corrected chi connectivity index (χ4v) is 1.25. The van der Waals surface area contributed by atoms with Gasteiger partial charge in [-0.25, -0.2) is 0 Å². The van der Waals surface area contributed by atoms with E-state index in [-0.39, 0.29) is 24.4 Å². The van der Waals surface area contributed by atoms with Crippen molar-refractivity contribution in [2.45, 2.75) is 26.8 Å². The van der Waals surface area contributed by atoms with Gasteiger partial charge in [0.2, 0.25) is 0 Å². The summed E-state index contributed by atoms with van der Waals surface area (Å²) in [5, 5.41) is 2.84. The van der Waals surface area contributed by atoms with Crippen molar-refractivity contribution in [3.05, 3.63) is 35.4 Å². The smallest absolute Gasteiger partial charge is 0.251 e. The number of rotatable bonds is 4. The van der Waals surface area contributed by atoms with Crippen LogP contribution in [0.3, 0.4) is 0 Å². The maximum Gasteiger partial charge on any atom is 0.251 e. The molecule has 0 aliphatic carbocycles. The summed E-state index contributed by atoms with van der Waals surface area (Å²) < 4.78 is 0. The summed E-state index contributed by atoms with van der Waals surface area (Å²) in [7, 11) is 0. The molecule has 0 aliphatic heterocycles. The lowest BCUT2D eigenvalue weighted by atomic mass is 10.1. The van der Waals surface area contributed by atoms with Crippen molar-refractivity contribution < 1.29 is 4.79 Å². The first kappa shape index (κ1) is 15.9. The van der Waals surface area contributed by atoms with Gasteiger partial charge in [0, 0.05) is 18.2 Å². The largest absolute Gasteiger partial charge is 0.350 e. The van der Waals surface area contributed by atoms with Crippen LogP contribution in [-0.2, 0) is 0 Å². The third-order valence-electron chi connectivity index (χ3n) is 2.67. The molecule has 0 spiro atoms. The summed E-state index contributed by atoms with van der Waals surface area (Å²) in [6.45, 7) is 6.60. The first-order valence-electron chi connectivity index (χ1n) is 5.61. The lowest BCUT2D eigenvalue weighted by Gasteiger charge is -2.16. The number of halogens is 1. The first-order chi connectivity index (χ1) is 7.50. The van der Waals surface area contributed by atoms with Crippen molar-refractivity contribution in [2.75, 3.05) is 6.54 Å². The zero-order valence-electron chi connectivity index (χ0n) is 10.6. The highest BCUT2D eigenvalue weighted by Gasteiger charge is 2.10. The Morgan fingerprint density at radius 1 is 1.29 bits per heavy atom. The van der Waals surface area contributed by atoms with Crippen LogP contribution in [0.5, 0.6) is 0 Å². The van der Waals surface area contributed by atoms with E-state index in [1.54, 1.807) is 0 Å². The monoisotopic (exact) mass is 256 g/mol.